The predicted molar refractivity (Wildman–Crippen MR) is 60.8 cm³/mol. The molecule has 5 nitrogen and oxygen atoms in total. The van der Waals surface area contributed by atoms with Crippen LogP contribution >= 0.6 is 0 Å². The van der Waals surface area contributed by atoms with E-state index in [2.05, 4.69) is 5.10 Å². The first-order valence-corrected chi connectivity index (χ1v) is 5.51. The maximum Gasteiger partial charge on any atom is 0.303 e. The number of aryl methyl sites for hydroxylation is 1. The fraction of sp³-hybridized carbons (Fsp3) is 0.636. The molecule has 0 saturated carbocycles. The molecule has 0 amide bonds. The van der Waals surface area contributed by atoms with Crippen molar-refractivity contribution in [2.75, 3.05) is 0 Å². The number of carboxylic acid groups (broad SMARTS) is 1. The first-order valence-electron chi connectivity index (χ1n) is 5.51. The van der Waals surface area contributed by atoms with Crippen molar-refractivity contribution in [3.63, 3.8) is 0 Å². The molecule has 1 heterocycles. The zero-order valence-corrected chi connectivity index (χ0v) is 9.91. The molecule has 0 aliphatic heterocycles. The highest BCUT2D eigenvalue weighted by molar-refractivity contribution is 5.67. The monoisotopic (exact) mass is 226 g/mol. The lowest BCUT2D eigenvalue weighted by Crippen LogP contribution is -2.21. The van der Waals surface area contributed by atoms with Crippen LogP contribution in [-0.4, -0.2) is 20.9 Å². The lowest BCUT2D eigenvalue weighted by Gasteiger charge is -2.03. The maximum absolute atomic E-state index is 11.9. The van der Waals surface area contributed by atoms with Crippen molar-refractivity contribution in [1.29, 1.82) is 0 Å². The third kappa shape index (κ3) is 2.53. The minimum atomic E-state index is -0.876. The predicted octanol–water partition coefficient (Wildman–Crippen LogP) is 1.34. The zero-order valence-electron chi connectivity index (χ0n) is 9.91. The molecular weight excluding hydrogens is 208 g/mol. The number of H-pyrrole nitrogens is 1. The van der Waals surface area contributed by atoms with Gasteiger partial charge in [-0.1, -0.05) is 6.92 Å². The molecular formula is C11H18N2O3. The summed E-state index contributed by atoms with van der Waals surface area (Å²) in [4.78, 5) is 22.4. The van der Waals surface area contributed by atoms with E-state index in [0.717, 1.165) is 5.69 Å². The van der Waals surface area contributed by atoms with Gasteiger partial charge >= 0.3 is 5.97 Å². The van der Waals surface area contributed by atoms with Gasteiger partial charge in [-0.15, -0.1) is 0 Å². The molecule has 0 unspecified atom stereocenters. The van der Waals surface area contributed by atoms with Gasteiger partial charge in [-0.3, -0.25) is 19.4 Å². The maximum atomic E-state index is 11.9. The Bertz CT molecular complexity index is 429. The Morgan fingerprint density at radius 3 is 2.56 bits per heavy atom. The molecule has 1 rings (SSSR count). The van der Waals surface area contributed by atoms with Gasteiger partial charge < -0.3 is 5.11 Å². The lowest BCUT2D eigenvalue weighted by atomic mass is 10.1. The molecule has 0 aliphatic rings. The minimum absolute atomic E-state index is 0.00180. The fourth-order valence-corrected chi connectivity index (χ4v) is 1.68. The first-order chi connectivity index (χ1) is 7.47. The third-order valence-electron chi connectivity index (χ3n) is 2.56. The second kappa shape index (κ2) is 5.01. The van der Waals surface area contributed by atoms with Crippen LogP contribution in [0.25, 0.3) is 0 Å². The number of hydrogen-bond acceptors (Lipinski definition) is 2. The number of hydrogen-bond donors (Lipinski definition) is 2. The van der Waals surface area contributed by atoms with Crippen molar-refractivity contribution in [3.05, 3.63) is 21.6 Å². The van der Waals surface area contributed by atoms with Gasteiger partial charge in [0, 0.05) is 23.7 Å². The van der Waals surface area contributed by atoms with Crippen LogP contribution in [-0.2, 0) is 17.6 Å². The molecule has 2 N–H and O–H groups in total. The molecule has 0 aromatic carbocycles. The highest BCUT2D eigenvalue weighted by atomic mass is 16.4. The number of rotatable bonds is 5. The lowest BCUT2D eigenvalue weighted by molar-refractivity contribution is -0.136. The van der Waals surface area contributed by atoms with E-state index in [1.807, 2.05) is 20.8 Å². The van der Waals surface area contributed by atoms with E-state index in [0.29, 0.717) is 18.4 Å². The summed E-state index contributed by atoms with van der Waals surface area (Å²) in [6, 6.07) is 0.0661. The van der Waals surface area contributed by atoms with Gasteiger partial charge in [0.25, 0.3) is 5.56 Å². The molecule has 0 saturated heterocycles. The molecule has 0 bridgehead atoms. The van der Waals surface area contributed by atoms with Gasteiger partial charge in [-0.2, -0.15) is 0 Å². The number of nitrogens with one attached hydrogen (secondary N) is 1. The van der Waals surface area contributed by atoms with Gasteiger partial charge in [-0.05, 0) is 26.7 Å². The van der Waals surface area contributed by atoms with Crippen molar-refractivity contribution in [1.82, 2.24) is 9.78 Å². The topological polar surface area (TPSA) is 75.1 Å². The SMILES string of the molecule is CCc1[nH]n(C(C)C)c(=O)c1CCC(=O)O. The van der Waals surface area contributed by atoms with Crippen LogP contribution in [0, 0.1) is 0 Å². The van der Waals surface area contributed by atoms with E-state index in [-0.39, 0.29) is 18.0 Å². The Balaban J connectivity index is 3.06. The summed E-state index contributed by atoms with van der Waals surface area (Å²) in [7, 11) is 0. The second-order valence-corrected chi connectivity index (χ2v) is 4.09. The number of carboxylic acids is 1. The highest BCUT2D eigenvalue weighted by Gasteiger charge is 2.15. The Labute approximate surface area is 94.1 Å². The van der Waals surface area contributed by atoms with Gasteiger partial charge in [0.1, 0.15) is 0 Å². The van der Waals surface area contributed by atoms with Crippen molar-refractivity contribution < 1.29 is 9.90 Å². The molecule has 0 aliphatic carbocycles. The summed E-state index contributed by atoms with van der Waals surface area (Å²) in [6.45, 7) is 5.77. The van der Waals surface area contributed by atoms with Crippen LogP contribution < -0.4 is 5.56 Å². The number of aliphatic carboxylic acids is 1. The summed E-state index contributed by atoms with van der Waals surface area (Å²) >= 11 is 0. The van der Waals surface area contributed by atoms with E-state index in [1.54, 1.807) is 4.68 Å². The summed E-state index contributed by atoms with van der Waals surface area (Å²) in [5.41, 5.74) is 1.37. The first kappa shape index (κ1) is 12.5. The largest absolute Gasteiger partial charge is 0.481 e. The smallest absolute Gasteiger partial charge is 0.303 e. The normalized spacial score (nSPS) is 11.0. The molecule has 0 atom stereocenters. The standard InChI is InChI=1S/C11H18N2O3/c1-4-9-8(5-6-10(14)15)11(16)13(12-9)7(2)3/h7,12H,4-6H2,1-3H3,(H,14,15). The Kier molecular flexibility index (Phi) is 3.93. The molecule has 0 radical (unpaired) electrons. The Morgan fingerprint density at radius 1 is 1.50 bits per heavy atom. The second-order valence-electron chi connectivity index (χ2n) is 4.09. The number of carbonyl (C=O) groups is 1. The van der Waals surface area contributed by atoms with E-state index >= 15 is 0 Å². The number of aromatic nitrogens is 2. The van der Waals surface area contributed by atoms with Gasteiger partial charge in [0.2, 0.25) is 0 Å². The van der Waals surface area contributed by atoms with Crippen LogP contribution in [0.15, 0.2) is 4.79 Å². The van der Waals surface area contributed by atoms with Gasteiger partial charge in [-0.25, -0.2) is 0 Å². The Hall–Kier alpha value is -1.52. The van der Waals surface area contributed by atoms with E-state index < -0.39 is 5.97 Å². The molecule has 0 fully saturated rings. The van der Waals surface area contributed by atoms with Crippen LogP contribution in [0.4, 0.5) is 0 Å². The molecule has 5 heteroatoms. The summed E-state index contributed by atoms with van der Waals surface area (Å²) in [5, 5.41) is 11.7. The van der Waals surface area contributed by atoms with Gasteiger partial charge in [0.05, 0.1) is 0 Å². The summed E-state index contributed by atoms with van der Waals surface area (Å²) in [6.07, 6.45) is 1.01. The number of nitrogens with zero attached hydrogens (tertiary/aromatic N) is 1. The van der Waals surface area contributed by atoms with Gasteiger partial charge in [0.15, 0.2) is 0 Å². The third-order valence-corrected chi connectivity index (χ3v) is 2.56. The van der Waals surface area contributed by atoms with Crippen LogP contribution in [0.1, 0.15) is 44.5 Å². The number of aromatic amines is 1. The summed E-state index contributed by atoms with van der Waals surface area (Å²) in [5.74, 6) is -0.876. The van der Waals surface area contributed by atoms with Crippen molar-refractivity contribution in [2.45, 2.75) is 46.1 Å². The van der Waals surface area contributed by atoms with E-state index in [9.17, 15) is 9.59 Å². The van der Waals surface area contributed by atoms with E-state index in [1.165, 1.54) is 0 Å². The Morgan fingerprint density at radius 2 is 2.12 bits per heavy atom. The average molecular weight is 226 g/mol. The fourth-order valence-electron chi connectivity index (χ4n) is 1.68. The zero-order chi connectivity index (χ0) is 12.3. The minimum Gasteiger partial charge on any atom is -0.481 e. The van der Waals surface area contributed by atoms with Crippen LogP contribution in [0.3, 0.4) is 0 Å². The van der Waals surface area contributed by atoms with Crippen molar-refractivity contribution in [2.24, 2.45) is 0 Å². The average Bonchev–Trinajstić information content (AvgIpc) is 2.52. The highest BCUT2D eigenvalue weighted by Crippen LogP contribution is 2.08. The van der Waals surface area contributed by atoms with Crippen molar-refractivity contribution >= 4 is 5.97 Å². The van der Waals surface area contributed by atoms with Crippen molar-refractivity contribution in [3.8, 4) is 0 Å². The van der Waals surface area contributed by atoms with Crippen LogP contribution in [0.5, 0.6) is 0 Å². The molecule has 16 heavy (non-hydrogen) atoms. The summed E-state index contributed by atoms with van der Waals surface area (Å²) < 4.78 is 1.55. The molecule has 0 spiro atoms. The van der Waals surface area contributed by atoms with E-state index in [4.69, 9.17) is 5.11 Å². The molecule has 90 valence electrons. The quantitative estimate of drug-likeness (QED) is 0.795. The van der Waals surface area contributed by atoms with Crippen LogP contribution in [0.2, 0.25) is 0 Å². The molecule has 1 aromatic heterocycles. The molecule has 1 aromatic rings.